The van der Waals surface area contributed by atoms with E-state index in [1.165, 1.54) is 20.3 Å². The third-order valence-corrected chi connectivity index (χ3v) is 4.06. The van der Waals surface area contributed by atoms with Crippen LogP contribution in [0.2, 0.25) is 0 Å². The predicted octanol–water partition coefficient (Wildman–Crippen LogP) is 2.55. The maximum atomic E-state index is 11.4. The molecule has 0 amide bonds. The number of benzene rings is 2. The number of hydrogen-bond donors (Lipinski definition) is 3. The highest BCUT2D eigenvalue weighted by atomic mass is 16.5. The number of rotatable bonds is 8. The molecule has 25 heavy (non-hydrogen) atoms. The lowest BCUT2D eigenvalue weighted by Crippen LogP contribution is -2.09. The summed E-state index contributed by atoms with van der Waals surface area (Å²) >= 11 is 0. The molecular weight excluding hydrogens is 324 g/mol. The largest absolute Gasteiger partial charge is 0.508 e. The lowest BCUT2D eigenvalue weighted by molar-refractivity contribution is -0.137. The second-order valence-electron chi connectivity index (χ2n) is 5.63. The maximum Gasteiger partial charge on any atom is 0.304 e. The standard InChI is InChI=1S/C19H22O6/c1-24-17-6-4-13(10-18(17)25-2)14(11-19(22)23)15-9-12(7-8-20)3-5-16(15)21/h3-6,9-10,14,20-21H,7-8,11H2,1-2H3,(H,22,23). The van der Waals surface area contributed by atoms with Gasteiger partial charge in [0.15, 0.2) is 11.5 Å². The lowest BCUT2D eigenvalue weighted by Gasteiger charge is -2.20. The molecule has 0 aliphatic carbocycles. The van der Waals surface area contributed by atoms with Gasteiger partial charge in [-0.25, -0.2) is 0 Å². The van der Waals surface area contributed by atoms with Gasteiger partial charge >= 0.3 is 5.97 Å². The topological polar surface area (TPSA) is 96.2 Å². The van der Waals surface area contributed by atoms with Crippen LogP contribution in [-0.4, -0.2) is 42.1 Å². The molecule has 6 nitrogen and oxygen atoms in total. The molecule has 0 heterocycles. The lowest BCUT2D eigenvalue weighted by atomic mass is 9.86. The Labute approximate surface area is 146 Å². The van der Waals surface area contributed by atoms with Crippen molar-refractivity contribution < 1.29 is 29.6 Å². The monoisotopic (exact) mass is 346 g/mol. The van der Waals surface area contributed by atoms with E-state index in [1.807, 2.05) is 0 Å². The van der Waals surface area contributed by atoms with Crippen molar-refractivity contribution in [2.24, 2.45) is 0 Å². The fourth-order valence-corrected chi connectivity index (χ4v) is 2.82. The molecule has 2 rings (SSSR count). The van der Waals surface area contributed by atoms with Crippen molar-refractivity contribution in [1.29, 1.82) is 0 Å². The third-order valence-electron chi connectivity index (χ3n) is 4.06. The smallest absolute Gasteiger partial charge is 0.304 e. The third kappa shape index (κ3) is 4.42. The summed E-state index contributed by atoms with van der Waals surface area (Å²) < 4.78 is 10.5. The molecule has 0 bridgehead atoms. The number of aromatic hydroxyl groups is 1. The number of carboxylic acid groups (broad SMARTS) is 1. The number of ether oxygens (including phenoxy) is 2. The molecular formula is C19H22O6. The van der Waals surface area contributed by atoms with Gasteiger partial charge < -0.3 is 24.8 Å². The van der Waals surface area contributed by atoms with Crippen LogP contribution in [0.5, 0.6) is 17.2 Å². The first kappa shape index (κ1) is 18.6. The maximum absolute atomic E-state index is 11.4. The average Bonchev–Trinajstić information content (AvgIpc) is 2.61. The Bertz CT molecular complexity index is 741. The van der Waals surface area contributed by atoms with Crippen molar-refractivity contribution in [1.82, 2.24) is 0 Å². The van der Waals surface area contributed by atoms with E-state index < -0.39 is 11.9 Å². The van der Waals surface area contributed by atoms with Gasteiger partial charge in [0, 0.05) is 18.1 Å². The van der Waals surface area contributed by atoms with Crippen LogP contribution in [0.1, 0.15) is 29.0 Å². The number of phenolic OH excluding ortho intramolecular Hbond substituents is 1. The van der Waals surface area contributed by atoms with E-state index in [4.69, 9.17) is 14.6 Å². The molecule has 0 aliphatic rings. The van der Waals surface area contributed by atoms with Gasteiger partial charge in [0.25, 0.3) is 0 Å². The van der Waals surface area contributed by atoms with Crippen LogP contribution >= 0.6 is 0 Å². The number of aliphatic carboxylic acids is 1. The van der Waals surface area contributed by atoms with Crippen LogP contribution in [0.3, 0.4) is 0 Å². The van der Waals surface area contributed by atoms with Gasteiger partial charge in [-0.15, -0.1) is 0 Å². The van der Waals surface area contributed by atoms with Gasteiger partial charge in [-0.3, -0.25) is 4.79 Å². The van der Waals surface area contributed by atoms with Crippen LogP contribution in [0.25, 0.3) is 0 Å². The number of aliphatic hydroxyl groups is 1. The second kappa shape index (κ2) is 8.39. The van der Waals surface area contributed by atoms with Crippen molar-refractivity contribution in [2.45, 2.75) is 18.8 Å². The summed E-state index contributed by atoms with van der Waals surface area (Å²) in [4.78, 5) is 11.4. The zero-order valence-electron chi connectivity index (χ0n) is 14.2. The molecule has 2 aromatic carbocycles. The molecule has 1 atom stereocenters. The van der Waals surface area contributed by atoms with Crippen molar-refractivity contribution in [3.8, 4) is 17.2 Å². The molecule has 0 aromatic heterocycles. The number of aliphatic hydroxyl groups excluding tert-OH is 1. The van der Waals surface area contributed by atoms with Crippen LogP contribution in [0, 0.1) is 0 Å². The molecule has 0 saturated heterocycles. The summed E-state index contributed by atoms with van der Waals surface area (Å²) in [6, 6.07) is 10.1. The van der Waals surface area contributed by atoms with E-state index in [0.29, 0.717) is 29.0 Å². The molecule has 0 saturated carbocycles. The fraction of sp³-hybridized carbons (Fsp3) is 0.316. The van der Waals surface area contributed by atoms with Gasteiger partial charge in [-0.05, 0) is 35.7 Å². The van der Waals surface area contributed by atoms with Crippen LogP contribution in [0.15, 0.2) is 36.4 Å². The van der Waals surface area contributed by atoms with E-state index in [2.05, 4.69) is 0 Å². The number of phenols is 1. The highest BCUT2D eigenvalue weighted by Gasteiger charge is 2.23. The second-order valence-corrected chi connectivity index (χ2v) is 5.63. The Balaban J connectivity index is 2.53. The minimum Gasteiger partial charge on any atom is -0.508 e. The number of carboxylic acids is 1. The predicted molar refractivity (Wildman–Crippen MR) is 92.5 cm³/mol. The van der Waals surface area contributed by atoms with E-state index in [0.717, 1.165) is 5.56 Å². The van der Waals surface area contributed by atoms with Crippen LogP contribution < -0.4 is 9.47 Å². The number of carbonyl (C=O) groups is 1. The van der Waals surface area contributed by atoms with Gasteiger partial charge in [-0.1, -0.05) is 18.2 Å². The molecule has 6 heteroatoms. The zero-order valence-corrected chi connectivity index (χ0v) is 14.2. The molecule has 3 N–H and O–H groups in total. The summed E-state index contributed by atoms with van der Waals surface area (Å²) in [6.07, 6.45) is 0.241. The van der Waals surface area contributed by atoms with Crippen molar-refractivity contribution in [2.75, 3.05) is 20.8 Å². The van der Waals surface area contributed by atoms with Gasteiger partial charge in [0.05, 0.1) is 20.6 Å². The average molecular weight is 346 g/mol. The molecule has 1 unspecified atom stereocenters. The van der Waals surface area contributed by atoms with E-state index >= 15 is 0 Å². The Morgan fingerprint density at radius 3 is 2.40 bits per heavy atom. The summed E-state index contributed by atoms with van der Waals surface area (Å²) in [5, 5.41) is 28.7. The highest BCUT2D eigenvalue weighted by molar-refractivity contribution is 5.69. The Hall–Kier alpha value is -2.73. The normalized spacial score (nSPS) is 11.8. The number of hydrogen-bond acceptors (Lipinski definition) is 5. The van der Waals surface area contributed by atoms with Gasteiger partial charge in [-0.2, -0.15) is 0 Å². The Morgan fingerprint density at radius 1 is 1.08 bits per heavy atom. The minimum absolute atomic E-state index is 0.0164. The summed E-state index contributed by atoms with van der Waals surface area (Å²) in [5.74, 6) is -0.495. The highest BCUT2D eigenvalue weighted by Crippen LogP contribution is 2.38. The van der Waals surface area contributed by atoms with E-state index in [-0.39, 0.29) is 18.8 Å². The first-order valence-electron chi connectivity index (χ1n) is 7.86. The SMILES string of the molecule is COc1ccc(C(CC(=O)O)c2cc(CCO)ccc2O)cc1OC. The first-order chi connectivity index (χ1) is 12.0. The summed E-state index contributed by atoms with van der Waals surface area (Å²) in [5.41, 5.74) is 2.02. The fourth-order valence-electron chi connectivity index (χ4n) is 2.82. The first-order valence-corrected chi connectivity index (χ1v) is 7.86. The quantitative estimate of drug-likeness (QED) is 0.680. The van der Waals surface area contributed by atoms with E-state index in [1.54, 1.807) is 30.3 Å². The van der Waals surface area contributed by atoms with Crippen LogP contribution in [0.4, 0.5) is 0 Å². The molecule has 0 aliphatic heterocycles. The van der Waals surface area contributed by atoms with Crippen molar-refractivity contribution >= 4 is 5.97 Å². The van der Waals surface area contributed by atoms with E-state index in [9.17, 15) is 15.0 Å². The van der Waals surface area contributed by atoms with Crippen LogP contribution in [-0.2, 0) is 11.2 Å². The molecule has 0 fully saturated rings. The molecule has 0 radical (unpaired) electrons. The summed E-state index contributed by atoms with van der Waals surface area (Å²) in [6.45, 7) is -0.0236. The van der Waals surface area contributed by atoms with Gasteiger partial charge in [0.1, 0.15) is 5.75 Å². The van der Waals surface area contributed by atoms with Crippen molar-refractivity contribution in [3.63, 3.8) is 0 Å². The molecule has 134 valence electrons. The molecule has 0 spiro atoms. The van der Waals surface area contributed by atoms with Crippen molar-refractivity contribution in [3.05, 3.63) is 53.1 Å². The summed E-state index contributed by atoms with van der Waals surface area (Å²) in [7, 11) is 3.03. The Kier molecular flexibility index (Phi) is 6.25. The number of methoxy groups -OCH3 is 2. The molecule has 2 aromatic rings. The zero-order chi connectivity index (χ0) is 18.4. The van der Waals surface area contributed by atoms with Gasteiger partial charge in [0.2, 0.25) is 0 Å². The minimum atomic E-state index is -0.980. The Morgan fingerprint density at radius 2 is 1.80 bits per heavy atom.